The highest BCUT2D eigenvalue weighted by Crippen LogP contribution is 2.45. The largest absolute Gasteiger partial charge is 0.493 e. The molecule has 6 heteroatoms. The summed E-state index contributed by atoms with van der Waals surface area (Å²) in [5.41, 5.74) is 7.69. The van der Waals surface area contributed by atoms with Gasteiger partial charge >= 0.3 is 5.97 Å². The number of hydrogen-bond donors (Lipinski definition) is 1. The smallest absolute Gasteiger partial charge is 0.303 e. The van der Waals surface area contributed by atoms with Gasteiger partial charge in [0.05, 0.1) is 12.6 Å². The van der Waals surface area contributed by atoms with E-state index in [1.165, 1.54) is 49.3 Å². The zero-order valence-electron chi connectivity index (χ0n) is 22.3. The first-order chi connectivity index (χ1) is 18.5. The second-order valence-corrected chi connectivity index (χ2v) is 10.8. The number of esters is 1. The van der Waals surface area contributed by atoms with Gasteiger partial charge in [-0.25, -0.2) is 0 Å². The van der Waals surface area contributed by atoms with E-state index in [1.54, 1.807) is 0 Å². The van der Waals surface area contributed by atoms with Crippen molar-refractivity contribution in [1.82, 2.24) is 0 Å². The lowest BCUT2D eigenvalue weighted by atomic mass is 9.92. The topological polar surface area (TPSA) is 66.0 Å². The Morgan fingerprint density at radius 2 is 1.76 bits per heavy atom. The van der Waals surface area contributed by atoms with E-state index in [1.807, 2.05) is 18.2 Å². The van der Waals surface area contributed by atoms with E-state index < -0.39 is 0 Å². The molecule has 1 saturated carbocycles. The van der Waals surface area contributed by atoms with Gasteiger partial charge in [-0.3, -0.25) is 4.79 Å². The van der Waals surface area contributed by atoms with Crippen molar-refractivity contribution in [2.24, 2.45) is 5.92 Å². The van der Waals surface area contributed by atoms with Gasteiger partial charge in [-0.05, 0) is 73.6 Å². The number of nitrogens with one attached hydrogen (secondary N) is 1. The van der Waals surface area contributed by atoms with E-state index in [0.717, 1.165) is 46.2 Å². The second-order valence-electron chi connectivity index (χ2n) is 10.8. The first-order valence-corrected chi connectivity index (χ1v) is 13.7. The van der Waals surface area contributed by atoms with E-state index in [4.69, 9.17) is 18.9 Å². The Labute approximate surface area is 224 Å². The van der Waals surface area contributed by atoms with Crippen LogP contribution in [0.15, 0.2) is 48.5 Å². The number of ether oxygens (including phenoxy) is 4. The third-order valence-electron chi connectivity index (χ3n) is 7.95. The number of benzene rings is 3. The molecule has 3 aromatic rings. The number of para-hydroxylation sites is 1. The predicted molar refractivity (Wildman–Crippen MR) is 147 cm³/mol. The maximum atomic E-state index is 11.4. The van der Waals surface area contributed by atoms with Gasteiger partial charge < -0.3 is 24.3 Å². The molecule has 6 nitrogen and oxygen atoms in total. The standard InChI is InChI=1S/C32H35NO5/c1-19-13-24(35-16-22-7-4-5-8-22)14-20(2)31(19)27-10-6-9-25-28(17-37-32(25)27)33-23-11-12-26-29(15-23)36-18-30(26)38-21(3)34/h6,9-15,22,28,30,33H,4-5,7-8,16-18H2,1-3H3/t28-,30-/m1/s1. The molecule has 0 radical (unpaired) electrons. The van der Waals surface area contributed by atoms with Crippen LogP contribution in [0, 0.1) is 19.8 Å². The van der Waals surface area contributed by atoms with Gasteiger partial charge in [-0.2, -0.15) is 0 Å². The third kappa shape index (κ3) is 4.80. The van der Waals surface area contributed by atoms with Gasteiger partial charge in [0.1, 0.15) is 30.5 Å². The molecular weight excluding hydrogens is 478 g/mol. The van der Waals surface area contributed by atoms with E-state index >= 15 is 0 Å². The van der Waals surface area contributed by atoms with Gasteiger partial charge in [0, 0.05) is 35.4 Å². The Bertz CT molecular complexity index is 1340. The minimum atomic E-state index is -0.347. The van der Waals surface area contributed by atoms with Crippen molar-refractivity contribution in [2.45, 2.75) is 58.6 Å². The fourth-order valence-corrected chi connectivity index (χ4v) is 6.16. The molecule has 0 amide bonds. The molecule has 198 valence electrons. The molecule has 2 aliphatic heterocycles. The molecule has 38 heavy (non-hydrogen) atoms. The van der Waals surface area contributed by atoms with Crippen LogP contribution in [-0.4, -0.2) is 25.8 Å². The van der Waals surface area contributed by atoms with Crippen molar-refractivity contribution >= 4 is 11.7 Å². The summed E-state index contributed by atoms with van der Waals surface area (Å²) in [7, 11) is 0. The Kier molecular flexibility index (Phi) is 6.64. The predicted octanol–water partition coefficient (Wildman–Crippen LogP) is 7.08. The maximum absolute atomic E-state index is 11.4. The molecule has 6 rings (SSSR count). The van der Waals surface area contributed by atoms with Gasteiger partial charge in [0.2, 0.25) is 0 Å². The summed E-state index contributed by atoms with van der Waals surface area (Å²) >= 11 is 0. The highest BCUT2D eigenvalue weighted by Gasteiger charge is 2.30. The molecule has 2 heterocycles. The van der Waals surface area contributed by atoms with Crippen molar-refractivity contribution in [2.75, 3.05) is 25.1 Å². The average Bonchev–Trinajstić information content (AvgIpc) is 3.64. The Morgan fingerprint density at radius 3 is 2.53 bits per heavy atom. The average molecular weight is 514 g/mol. The number of anilines is 1. The molecule has 0 unspecified atom stereocenters. The van der Waals surface area contributed by atoms with Crippen molar-refractivity contribution in [1.29, 1.82) is 0 Å². The van der Waals surface area contributed by atoms with E-state index in [2.05, 4.69) is 49.5 Å². The highest BCUT2D eigenvalue weighted by molar-refractivity contribution is 5.79. The summed E-state index contributed by atoms with van der Waals surface area (Å²) in [6, 6.07) is 16.7. The molecule has 2 atom stereocenters. The van der Waals surface area contributed by atoms with Crippen molar-refractivity contribution < 1.29 is 23.7 Å². The van der Waals surface area contributed by atoms with Crippen LogP contribution in [0.4, 0.5) is 5.69 Å². The van der Waals surface area contributed by atoms with Crippen LogP contribution in [-0.2, 0) is 9.53 Å². The van der Waals surface area contributed by atoms with Crippen LogP contribution in [0.25, 0.3) is 11.1 Å². The zero-order valence-corrected chi connectivity index (χ0v) is 22.3. The fraction of sp³-hybridized carbons (Fsp3) is 0.406. The molecular formula is C32H35NO5. The molecule has 0 aromatic heterocycles. The number of carbonyl (C=O) groups is 1. The van der Waals surface area contributed by atoms with Crippen LogP contribution < -0.4 is 19.5 Å². The van der Waals surface area contributed by atoms with Crippen LogP contribution in [0.1, 0.15) is 67.0 Å². The van der Waals surface area contributed by atoms with Gasteiger partial charge in [-0.15, -0.1) is 0 Å². The normalized spacial score (nSPS) is 19.9. The Hall–Kier alpha value is -3.67. The quantitative estimate of drug-likeness (QED) is 0.341. The monoisotopic (exact) mass is 513 g/mol. The van der Waals surface area contributed by atoms with Gasteiger partial charge in [0.25, 0.3) is 0 Å². The Morgan fingerprint density at radius 1 is 0.974 bits per heavy atom. The van der Waals surface area contributed by atoms with E-state index in [-0.39, 0.29) is 18.1 Å². The lowest BCUT2D eigenvalue weighted by Gasteiger charge is -2.18. The summed E-state index contributed by atoms with van der Waals surface area (Å²) in [5, 5.41) is 3.61. The van der Waals surface area contributed by atoms with E-state index in [0.29, 0.717) is 19.1 Å². The number of carbonyl (C=O) groups excluding carboxylic acids is 1. The van der Waals surface area contributed by atoms with E-state index in [9.17, 15) is 4.79 Å². The van der Waals surface area contributed by atoms with Gasteiger partial charge in [0.15, 0.2) is 6.10 Å². The zero-order chi connectivity index (χ0) is 26.2. The molecule has 0 saturated heterocycles. The first kappa shape index (κ1) is 24.7. The van der Waals surface area contributed by atoms with Crippen LogP contribution in [0.3, 0.4) is 0 Å². The van der Waals surface area contributed by atoms with Crippen LogP contribution >= 0.6 is 0 Å². The summed E-state index contributed by atoms with van der Waals surface area (Å²) in [6.07, 6.45) is 4.88. The summed E-state index contributed by atoms with van der Waals surface area (Å²) < 4.78 is 23.6. The minimum absolute atomic E-state index is 0.0169. The number of aryl methyl sites for hydroxylation is 2. The van der Waals surface area contributed by atoms with Crippen LogP contribution in [0.5, 0.6) is 17.2 Å². The molecule has 0 bridgehead atoms. The van der Waals surface area contributed by atoms with Gasteiger partial charge in [-0.1, -0.05) is 31.0 Å². The minimum Gasteiger partial charge on any atom is -0.493 e. The molecule has 0 spiro atoms. The molecule has 3 aliphatic rings. The lowest BCUT2D eigenvalue weighted by molar-refractivity contribution is -0.147. The number of rotatable bonds is 7. The Balaban J connectivity index is 1.21. The molecule has 3 aromatic carbocycles. The lowest BCUT2D eigenvalue weighted by Crippen LogP contribution is -2.12. The van der Waals surface area contributed by atoms with Crippen molar-refractivity contribution in [3.8, 4) is 28.4 Å². The van der Waals surface area contributed by atoms with Crippen molar-refractivity contribution in [3.05, 3.63) is 70.8 Å². The SMILES string of the molecule is CC(=O)O[C@@H]1COc2cc(N[C@@H]3COc4c(-c5c(C)cc(OCC6CCCC6)cc5C)cccc43)ccc21. The third-order valence-corrected chi connectivity index (χ3v) is 7.95. The fourth-order valence-electron chi connectivity index (χ4n) is 6.16. The number of hydrogen-bond acceptors (Lipinski definition) is 6. The number of fused-ring (bicyclic) bond motifs is 2. The van der Waals surface area contributed by atoms with Crippen molar-refractivity contribution in [3.63, 3.8) is 0 Å². The molecule has 1 N–H and O–H groups in total. The molecule has 1 fully saturated rings. The maximum Gasteiger partial charge on any atom is 0.303 e. The highest BCUT2D eigenvalue weighted by atomic mass is 16.6. The summed E-state index contributed by atoms with van der Waals surface area (Å²) in [5.74, 6) is 3.02. The second kappa shape index (κ2) is 10.2. The summed E-state index contributed by atoms with van der Waals surface area (Å²) in [6.45, 7) is 7.43. The van der Waals surface area contributed by atoms with Crippen LogP contribution in [0.2, 0.25) is 0 Å². The molecule has 1 aliphatic carbocycles. The summed E-state index contributed by atoms with van der Waals surface area (Å²) in [4.78, 5) is 11.4. The first-order valence-electron chi connectivity index (χ1n) is 13.7.